The molecule has 0 radical (unpaired) electrons. The van der Waals surface area contributed by atoms with Crippen molar-refractivity contribution in [1.82, 2.24) is 28.9 Å². The maximum Gasteiger partial charge on any atom is 0.339 e. The predicted molar refractivity (Wildman–Crippen MR) is 126 cm³/mol. The van der Waals surface area contributed by atoms with Gasteiger partial charge in [-0.2, -0.15) is 4.98 Å². The first-order valence-electron chi connectivity index (χ1n) is 10.8. The van der Waals surface area contributed by atoms with Crippen molar-refractivity contribution in [2.24, 2.45) is 0 Å². The summed E-state index contributed by atoms with van der Waals surface area (Å²) >= 11 is 0. The van der Waals surface area contributed by atoms with Crippen LogP contribution in [0, 0.1) is 4.78 Å². The number of imidazole rings is 1. The third kappa shape index (κ3) is 4.35. The average molecular weight is 473 g/mol. The quantitative estimate of drug-likeness (QED) is 0.532. The van der Waals surface area contributed by atoms with Crippen LogP contribution >= 0.6 is 0 Å². The van der Waals surface area contributed by atoms with Gasteiger partial charge in [-0.05, 0) is 19.0 Å². The van der Waals surface area contributed by atoms with Crippen LogP contribution in [0.5, 0.6) is 0 Å². The lowest BCUT2D eigenvalue weighted by atomic mass is 10.2. The monoisotopic (exact) mass is 472 g/mol. The van der Waals surface area contributed by atoms with Crippen LogP contribution in [0.25, 0.3) is 11.2 Å². The van der Waals surface area contributed by atoms with Gasteiger partial charge in [-0.15, -0.1) is 0 Å². The van der Waals surface area contributed by atoms with E-state index in [1.54, 1.807) is 4.90 Å². The summed E-state index contributed by atoms with van der Waals surface area (Å²) in [5.74, 6) is -0.0700. The van der Waals surface area contributed by atoms with Crippen LogP contribution in [0.1, 0.15) is 18.9 Å². The second kappa shape index (κ2) is 8.94. The minimum atomic E-state index is -3.29. The van der Waals surface area contributed by atoms with E-state index in [1.807, 2.05) is 44.3 Å². The maximum atomic E-state index is 13.5. The highest BCUT2D eigenvalue weighted by Crippen LogP contribution is 2.22. The summed E-state index contributed by atoms with van der Waals surface area (Å²) < 4.78 is 23.4. The number of hydrogen-bond acceptors (Lipinski definition) is 8. The Kier molecular flexibility index (Phi) is 6.21. The Morgan fingerprint density at radius 2 is 1.82 bits per heavy atom. The summed E-state index contributed by atoms with van der Waals surface area (Å²) in [5, 5.41) is -0.222. The molecule has 3 N–H and O–H groups in total. The summed E-state index contributed by atoms with van der Waals surface area (Å²) in [6.45, 7) is 4.29. The van der Waals surface area contributed by atoms with Gasteiger partial charge in [-0.3, -0.25) is 4.57 Å². The summed E-state index contributed by atoms with van der Waals surface area (Å²) in [5.41, 5.74) is 6.61. The van der Waals surface area contributed by atoms with E-state index in [-0.39, 0.29) is 34.4 Å². The molecule has 1 atom stereocenters. The van der Waals surface area contributed by atoms with E-state index in [2.05, 4.69) is 14.9 Å². The number of piperazine rings is 1. The number of fused-ring (bicyclic) bond motifs is 1. The number of benzene rings is 1. The number of anilines is 1. The van der Waals surface area contributed by atoms with Gasteiger partial charge in [0.25, 0.3) is 0 Å². The Morgan fingerprint density at radius 3 is 2.45 bits per heavy atom. The highest BCUT2D eigenvalue weighted by Gasteiger charge is 2.29. The lowest BCUT2D eigenvalue weighted by Crippen LogP contribution is -2.50. The second-order valence-corrected chi connectivity index (χ2v) is 10.3. The maximum absolute atomic E-state index is 13.5. The van der Waals surface area contributed by atoms with E-state index < -0.39 is 21.4 Å². The standard InChI is InChI=1S/C21H28N8O3S/c1-3-13-33(23,32)19-24-17(22)16-18(25-19)28(14-15-7-5-4-6-8-15)21(31)29(16)20(30)27-11-9-26(2)10-12-27/h4-8,23H,3,9-14H2,1-2H3,(H2,22,24,25). The van der Waals surface area contributed by atoms with Crippen molar-refractivity contribution in [3.8, 4) is 0 Å². The third-order valence-corrected chi connectivity index (χ3v) is 7.46. The van der Waals surface area contributed by atoms with Crippen LogP contribution in [0.15, 0.2) is 40.3 Å². The minimum Gasteiger partial charge on any atom is -0.382 e. The van der Waals surface area contributed by atoms with E-state index in [1.165, 1.54) is 4.57 Å². The molecule has 33 heavy (non-hydrogen) atoms. The molecule has 12 heteroatoms. The topological polar surface area (TPSA) is 143 Å². The molecule has 176 valence electrons. The number of rotatable bonds is 5. The van der Waals surface area contributed by atoms with Gasteiger partial charge in [0, 0.05) is 31.9 Å². The van der Waals surface area contributed by atoms with Crippen LogP contribution < -0.4 is 11.4 Å². The second-order valence-electron chi connectivity index (χ2n) is 8.21. The molecule has 4 rings (SSSR count). The summed E-state index contributed by atoms with van der Waals surface area (Å²) in [6, 6.07) is 8.78. The van der Waals surface area contributed by atoms with E-state index >= 15 is 0 Å². The van der Waals surface area contributed by atoms with Crippen molar-refractivity contribution in [1.29, 1.82) is 4.78 Å². The number of carbonyl (C=O) groups excluding carboxylic acids is 1. The molecule has 2 aromatic heterocycles. The highest BCUT2D eigenvalue weighted by molar-refractivity contribution is 7.92. The number of nitrogens with one attached hydrogen (secondary N) is 1. The fourth-order valence-corrected chi connectivity index (χ4v) is 5.14. The summed E-state index contributed by atoms with van der Waals surface area (Å²) in [4.78, 5) is 39.1. The molecule has 1 aliphatic heterocycles. The lowest BCUT2D eigenvalue weighted by Gasteiger charge is -2.32. The van der Waals surface area contributed by atoms with E-state index in [9.17, 15) is 13.8 Å². The first kappa shape index (κ1) is 22.9. The number of hydrogen-bond donors (Lipinski definition) is 2. The molecule has 3 aromatic rings. The molecule has 1 saturated heterocycles. The molecular weight excluding hydrogens is 444 g/mol. The number of aromatic nitrogens is 4. The Hall–Kier alpha value is -3.25. The van der Waals surface area contributed by atoms with Crippen molar-refractivity contribution in [2.45, 2.75) is 25.0 Å². The normalized spacial score (nSPS) is 16.7. The first-order chi connectivity index (χ1) is 15.7. The highest BCUT2D eigenvalue weighted by atomic mass is 32.2. The van der Waals surface area contributed by atoms with Crippen LogP contribution in [0.3, 0.4) is 0 Å². The first-order valence-corrected chi connectivity index (χ1v) is 12.5. The van der Waals surface area contributed by atoms with Gasteiger partial charge in [0.15, 0.2) is 11.5 Å². The fourth-order valence-electron chi connectivity index (χ4n) is 3.90. The largest absolute Gasteiger partial charge is 0.382 e. The Morgan fingerprint density at radius 1 is 1.15 bits per heavy atom. The van der Waals surface area contributed by atoms with Crippen LogP contribution in [-0.2, 0) is 16.3 Å². The number of nitrogen functional groups attached to an aromatic ring is 1. The molecule has 0 saturated carbocycles. The van der Waals surface area contributed by atoms with Gasteiger partial charge in [0.1, 0.15) is 15.2 Å². The smallest absolute Gasteiger partial charge is 0.339 e. The Bertz CT molecular complexity index is 1340. The number of likely N-dealkylation sites (N-methyl/N-ethyl adjacent to an activating group) is 1. The number of nitrogens with zero attached hydrogens (tertiary/aromatic N) is 6. The molecule has 1 aromatic carbocycles. The third-order valence-electron chi connectivity index (χ3n) is 5.71. The number of carbonyl (C=O) groups is 1. The zero-order valence-corrected chi connectivity index (χ0v) is 19.5. The van der Waals surface area contributed by atoms with Crippen molar-refractivity contribution >= 4 is 32.7 Å². The SMILES string of the molecule is CCCS(=N)(=O)c1nc(N)c2c(n1)n(Cc1ccccc1)c(=O)n2C(=O)N1CCN(C)CC1. The molecule has 1 amide bonds. The summed E-state index contributed by atoms with van der Waals surface area (Å²) in [7, 11) is -1.32. The Balaban J connectivity index is 1.92. The molecule has 0 aliphatic carbocycles. The molecular formula is C21H28N8O3S. The number of amides is 1. The van der Waals surface area contributed by atoms with Gasteiger partial charge in [-0.25, -0.2) is 28.1 Å². The van der Waals surface area contributed by atoms with Crippen LogP contribution in [0.2, 0.25) is 0 Å². The zero-order valence-electron chi connectivity index (χ0n) is 18.7. The van der Waals surface area contributed by atoms with Crippen LogP contribution in [0.4, 0.5) is 10.6 Å². The van der Waals surface area contributed by atoms with Gasteiger partial charge >= 0.3 is 11.7 Å². The van der Waals surface area contributed by atoms with E-state index in [4.69, 9.17) is 10.5 Å². The van der Waals surface area contributed by atoms with Crippen molar-refractivity contribution in [2.75, 3.05) is 44.7 Å². The molecule has 3 heterocycles. The molecule has 11 nitrogen and oxygen atoms in total. The lowest BCUT2D eigenvalue weighted by molar-refractivity contribution is 0.155. The van der Waals surface area contributed by atoms with E-state index in [0.717, 1.165) is 10.1 Å². The van der Waals surface area contributed by atoms with Crippen molar-refractivity contribution < 1.29 is 9.00 Å². The summed E-state index contributed by atoms with van der Waals surface area (Å²) in [6.07, 6.45) is 0.503. The average Bonchev–Trinajstić information content (AvgIpc) is 3.06. The van der Waals surface area contributed by atoms with Crippen molar-refractivity contribution in [3.05, 3.63) is 46.4 Å². The van der Waals surface area contributed by atoms with Gasteiger partial charge in [0.2, 0.25) is 5.16 Å². The van der Waals surface area contributed by atoms with Gasteiger partial charge in [0.05, 0.1) is 6.54 Å². The fraction of sp³-hybridized carbons (Fsp3) is 0.429. The molecule has 1 fully saturated rings. The van der Waals surface area contributed by atoms with Crippen LogP contribution in [-0.4, -0.2) is 78.1 Å². The zero-order chi connectivity index (χ0) is 23.8. The molecule has 0 bridgehead atoms. The Labute approximate surface area is 191 Å². The molecule has 1 unspecified atom stereocenters. The molecule has 1 aliphatic rings. The predicted octanol–water partition coefficient (Wildman–Crippen LogP) is 1.25. The molecule has 0 spiro atoms. The van der Waals surface area contributed by atoms with Crippen molar-refractivity contribution in [3.63, 3.8) is 0 Å². The minimum absolute atomic E-state index is 0.0712. The van der Waals surface area contributed by atoms with Gasteiger partial charge < -0.3 is 15.5 Å². The van der Waals surface area contributed by atoms with E-state index in [0.29, 0.717) is 32.6 Å². The number of nitrogens with two attached hydrogens (primary N) is 1. The van der Waals surface area contributed by atoms with Gasteiger partial charge in [-0.1, -0.05) is 37.3 Å².